The smallest absolute Gasteiger partial charge is 0.356 e. The van der Waals surface area contributed by atoms with Gasteiger partial charge in [0.05, 0.1) is 5.56 Å². The molecule has 0 fully saturated rings. The molecule has 0 aliphatic carbocycles. The molecule has 104 valence electrons. The number of para-hydroxylation sites is 3. The number of rotatable bonds is 2. The van der Waals surface area contributed by atoms with E-state index in [4.69, 9.17) is 19.5 Å². The summed E-state index contributed by atoms with van der Waals surface area (Å²) in [7, 11) is 0. The highest BCUT2D eigenvalue weighted by Gasteiger charge is 2.29. The number of carbonyl (C=O) groups is 1. The van der Waals surface area contributed by atoms with Crippen molar-refractivity contribution in [2.45, 2.75) is 6.10 Å². The van der Waals surface area contributed by atoms with Crippen LogP contribution in [0.4, 0.5) is 0 Å². The van der Waals surface area contributed by atoms with E-state index in [1.807, 2.05) is 12.1 Å². The van der Waals surface area contributed by atoms with Crippen molar-refractivity contribution < 1.29 is 19.0 Å². The molecule has 0 spiro atoms. The highest BCUT2D eigenvalue weighted by molar-refractivity contribution is 5.79. The van der Waals surface area contributed by atoms with Crippen molar-refractivity contribution in [1.29, 1.82) is 5.26 Å². The first-order chi connectivity index (χ1) is 10.3. The third-order valence-electron chi connectivity index (χ3n) is 2.99. The second-order valence-electron chi connectivity index (χ2n) is 4.39. The van der Waals surface area contributed by atoms with Crippen molar-refractivity contribution in [1.82, 2.24) is 0 Å². The van der Waals surface area contributed by atoms with Gasteiger partial charge in [0, 0.05) is 0 Å². The molecule has 2 aromatic carbocycles. The molecule has 0 radical (unpaired) electrons. The minimum Gasteiger partial charge on any atom is -0.485 e. The number of fused-ring (bicyclic) bond motifs is 1. The second-order valence-corrected chi connectivity index (χ2v) is 4.39. The Bertz CT molecular complexity index is 720. The minimum atomic E-state index is -0.855. The van der Waals surface area contributed by atoms with E-state index in [0.29, 0.717) is 17.1 Å². The zero-order chi connectivity index (χ0) is 14.7. The first kappa shape index (κ1) is 13.0. The topological polar surface area (TPSA) is 68.5 Å². The Morgan fingerprint density at radius 1 is 1.14 bits per heavy atom. The highest BCUT2D eigenvalue weighted by Crippen LogP contribution is 2.31. The summed E-state index contributed by atoms with van der Waals surface area (Å²) in [6, 6.07) is 15.6. The summed E-state index contributed by atoms with van der Waals surface area (Å²) >= 11 is 0. The van der Waals surface area contributed by atoms with Crippen LogP contribution < -0.4 is 14.2 Å². The van der Waals surface area contributed by atoms with Crippen LogP contribution in [-0.2, 0) is 4.79 Å². The Kier molecular flexibility index (Phi) is 3.44. The Morgan fingerprint density at radius 3 is 2.67 bits per heavy atom. The molecular formula is C16H11NO4. The van der Waals surface area contributed by atoms with E-state index < -0.39 is 12.1 Å². The van der Waals surface area contributed by atoms with Gasteiger partial charge >= 0.3 is 5.97 Å². The van der Waals surface area contributed by atoms with Gasteiger partial charge in [-0.2, -0.15) is 5.26 Å². The molecule has 0 amide bonds. The van der Waals surface area contributed by atoms with Crippen LogP contribution in [0.3, 0.4) is 0 Å². The second kappa shape index (κ2) is 5.55. The van der Waals surface area contributed by atoms with Crippen LogP contribution in [0.2, 0.25) is 0 Å². The van der Waals surface area contributed by atoms with Gasteiger partial charge in [0.1, 0.15) is 18.4 Å². The van der Waals surface area contributed by atoms with E-state index in [2.05, 4.69) is 0 Å². The van der Waals surface area contributed by atoms with Crippen molar-refractivity contribution in [3.8, 4) is 23.3 Å². The average Bonchev–Trinajstić information content (AvgIpc) is 2.55. The van der Waals surface area contributed by atoms with Crippen LogP contribution in [-0.4, -0.2) is 18.7 Å². The fraction of sp³-hybridized carbons (Fsp3) is 0.125. The summed E-state index contributed by atoms with van der Waals surface area (Å²) in [6.07, 6.45) is -0.855. The molecule has 21 heavy (non-hydrogen) atoms. The lowest BCUT2D eigenvalue weighted by Gasteiger charge is -2.24. The number of nitrogens with zero attached hydrogens (tertiary/aromatic N) is 1. The lowest BCUT2D eigenvalue weighted by Crippen LogP contribution is -2.39. The van der Waals surface area contributed by atoms with Gasteiger partial charge in [-0.1, -0.05) is 24.3 Å². The summed E-state index contributed by atoms with van der Waals surface area (Å²) in [5.74, 6) is 0.720. The van der Waals surface area contributed by atoms with Gasteiger partial charge in [-0.25, -0.2) is 4.79 Å². The van der Waals surface area contributed by atoms with E-state index in [-0.39, 0.29) is 12.4 Å². The molecule has 0 saturated heterocycles. The van der Waals surface area contributed by atoms with Crippen LogP contribution in [0.15, 0.2) is 48.5 Å². The minimum absolute atomic E-state index is 0.0740. The molecule has 5 nitrogen and oxygen atoms in total. The molecule has 0 saturated carbocycles. The number of benzene rings is 2. The monoisotopic (exact) mass is 281 g/mol. The third-order valence-corrected chi connectivity index (χ3v) is 2.99. The normalized spacial score (nSPS) is 15.9. The third kappa shape index (κ3) is 2.65. The number of hydrogen-bond donors (Lipinski definition) is 0. The quantitative estimate of drug-likeness (QED) is 0.624. The first-order valence-electron chi connectivity index (χ1n) is 6.37. The molecule has 1 atom stereocenters. The number of nitriles is 1. The van der Waals surface area contributed by atoms with Crippen molar-refractivity contribution in [3.63, 3.8) is 0 Å². The van der Waals surface area contributed by atoms with Crippen LogP contribution in [0, 0.1) is 11.3 Å². The SMILES string of the molecule is N#Cc1ccccc1OC(=O)[C@H]1COc2ccccc2O1. The molecule has 0 unspecified atom stereocenters. The van der Waals surface area contributed by atoms with Gasteiger partial charge in [0.25, 0.3) is 0 Å². The van der Waals surface area contributed by atoms with Crippen molar-refractivity contribution >= 4 is 5.97 Å². The number of carbonyl (C=O) groups excluding carboxylic acids is 1. The summed E-state index contributed by atoms with van der Waals surface area (Å²) < 4.78 is 16.2. The van der Waals surface area contributed by atoms with E-state index in [1.54, 1.807) is 42.5 Å². The van der Waals surface area contributed by atoms with Gasteiger partial charge in [-0.15, -0.1) is 0 Å². The summed E-state index contributed by atoms with van der Waals surface area (Å²) in [5, 5.41) is 8.97. The maximum atomic E-state index is 12.1. The molecule has 5 heteroatoms. The van der Waals surface area contributed by atoms with Gasteiger partial charge in [0.2, 0.25) is 6.10 Å². The van der Waals surface area contributed by atoms with Gasteiger partial charge in [-0.05, 0) is 24.3 Å². The predicted octanol–water partition coefficient (Wildman–Crippen LogP) is 2.30. The molecular weight excluding hydrogens is 270 g/mol. The number of ether oxygens (including phenoxy) is 3. The molecule has 0 aromatic heterocycles. The summed E-state index contributed by atoms with van der Waals surface area (Å²) in [6.45, 7) is 0.0740. The lowest BCUT2D eigenvalue weighted by molar-refractivity contribution is -0.144. The Hall–Kier alpha value is -3.00. The number of hydrogen-bond acceptors (Lipinski definition) is 5. The molecule has 1 aliphatic rings. The lowest BCUT2D eigenvalue weighted by atomic mass is 10.2. The maximum absolute atomic E-state index is 12.1. The number of esters is 1. The first-order valence-corrected chi connectivity index (χ1v) is 6.37. The van der Waals surface area contributed by atoms with E-state index in [9.17, 15) is 4.79 Å². The fourth-order valence-corrected chi connectivity index (χ4v) is 1.96. The molecule has 3 rings (SSSR count). The zero-order valence-electron chi connectivity index (χ0n) is 11.0. The average molecular weight is 281 g/mol. The molecule has 1 aliphatic heterocycles. The van der Waals surface area contributed by atoms with Crippen LogP contribution in [0.1, 0.15) is 5.56 Å². The van der Waals surface area contributed by atoms with Crippen molar-refractivity contribution in [2.24, 2.45) is 0 Å². The maximum Gasteiger partial charge on any atom is 0.356 e. The largest absolute Gasteiger partial charge is 0.485 e. The van der Waals surface area contributed by atoms with Crippen LogP contribution in [0.25, 0.3) is 0 Å². The predicted molar refractivity (Wildman–Crippen MR) is 73.1 cm³/mol. The zero-order valence-corrected chi connectivity index (χ0v) is 11.0. The van der Waals surface area contributed by atoms with Gasteiger partial charge in [-0.3, -0.25) is 0 Å². The molecule has 2 aromatic rings. The molecule has 0 N–H and O–H groups in total. The van der Waals surface area contributed by atoms with Gasteiger partial charge < -0.3 is 14.2 Å². The highest BCUT2D eigenvalue weighted by atomic mass is 16.6. The summed E-state index contributed by atoms with van der Waals surface area (Å²) in [5.41, 5.74) is 0.294. The van der Waals surface area contributed by atoms with Crippen molar-refractivity contribution in [3.05, 3.63) is 54.1 Å². The molecule has 0 bridgehead atoms. The van der Waals surface area contributed by atoms with Crippen LogP contribution in [0.5, 0.6) is 17.2 Å². The van der Waals surface area contributed by atoms with E-state index in [1.165, 1.54) is 0 Å². The van der Waals surface area contributed by atoms with Gasteiger partial charge in [0.15, 0.2) is 11.5 Å². The Balaban J connectivity index is 1.74. The van der Waals surface area contributed by atoms with Crippen molar-refractivity contribution in [2.75, 3.05) is 6.61 Å². The van der Waals surface area contributed by atoms with E-state index >= 15 is 0 Å². The Morgan fingerprint density at radius 2 is 1.86 bits per heavy atom. The standard InChI is InChI=1S/C16H11NO4/c17-9-11-5-1-2-6-12(11)21-16(18)15-10-19-13-7-3-4-8-14(13)20-15/h1-8,15H,10H2/t15-/m1/s1. The fourth-order valence-electron chi connectivity index (χ4n) is 1.96. The van der Waals surface area contributed by atoms with E-state index in [0.717, 1.165) is 0 Å². The van der Waals surface area contributed by atoms with Crippen LogP contribution >= 0.6 is 0 Å². The summed E-state index contributed by atoms with van der Waals surface area (Å²) in [4.78, 5) is 12.1. The molecule has 1 heterocycles. The Labute approximate surface area is 121 Å².